The average Bonchev–Trinajstić information content (AvgIpc) is 2.80. The van der Waals surface area contributed by atoms with Crippen LogP contribution in [-0.4, -0.2) is 14.8 Å². The van der Waals surface area contributed by atoms with Gasteiger partial charge in [-0.25, -0.2) is 0 Å². The Balaban J connectivity index is 1.88. The van der Waals surface area contributed by atoms with E-state index in [1.807, 2.05) is 18.7 Å². The number of aryl methyl sites for hydroxylation is 1. The number of hydrogen-bond acceptors (Lipinski definition) is 3. The molecular weight excluding hydrogens is 278 g/mol. The quantitative estimate of drug-likeness (QED) is 0.680. The molecule has 1 aliphatic heterocycles. The van der Waals surface area contributed by atoms with Gasteiger partial charge in [0, 0.05) is 16.6 Å². The van der Waals surface area contributed by atoms with Crippen molar-refractivity contribution in [2.45, 2.75) is 23.5 Å². The molecule has 0 radical (unpaired) electrons. The molecule has 4 heteroatoms. The maximum absolute atomic E-state index is 4.39. The largest absolute Gasteiger partial charge is 0.282 e. The number of para-hydroxylation sites is 1. The van der Waals surface area contributed by atoms with Crippen LogP contribution < -0.4 is 0 Å². The van der Waals surface area contributed by atoms with Crippen molar-refractivity contribution in [3.05, 3.63) is 71.8 Å². The van der Waals surface area contributed by atoms with Gasteiger partial charge in [0.2, 0.25) is 0 Å². The molecule has 21 heavy (non-hydrogen) atoms. The second-order valence-corrected chi connectivity index (χ2v) is 6.43. The van der Waals surface area contributed by atoms with E-state index in [2.05, 4.69) is 69.4 Å². The number of aromatic nitrogens is 3. The van der Waals surface area contributed by atoms with E-state index in [-0.39, 0.29) is 0 Å². The molecule has 0 aliphatic carbocycles. The Labute approximate surface area is 128 Å². The molecule has 3 nitrogen and oxygen atoms in total. The van der Waals surface area contributed by atoms with E-state index in [4.69, 9.17) is 0 Å². The third-order valence-corrected chi connectivity index (χ3v) is 5.13. The molecule has 2 heterocycles. The minimum Gasteiger partial charge on any atom is -0.282 e. The zero-order chi connectivity index (χ0) is 14.2. The molecule has 1 unspecified atom stereocenters. The van der Waals surface area contributed by atoms with Gasteiger partial charge in [-0.15, -0.1) is 22.0 Å². The van der Waals surface area contributed by atoms with Crippen LogP contribution in [0.25, 0.3) is 5.69 Å². The molecule has 3 aromatic rings. The van der Waals surface area contributed by atoms with Gasteiger partial charge in [-0.05, 0) is 24.6 Å². The number of thioether (sulfide) groups is 1. The highest BCUT2D eigenvalue weighted by molar-refractivity contribution is 7.99. The van der Waals surface area contributed by atoms with Gasteiger partial charge in [0.1, 0.15) is 11.6 Å². The second kappa shape index (κ2) is 5.04. The molecule has 0 bridgehead atoms. The van der Waals surface area contributed by atoms with Gasteiger partial charge in [-0.1, -0.05) is 42.5 Å². The highest BCUT2D eigenvalue weighted by Crippen LogP contribution is 2.43. The first kappa shape index (κ1) is 12.7. The van der Waals surface area contributed by atoms with Crippen molar-refractivity contribution in [2.75, 3.05) is 0 Å². The lowest BCUT2D eigenvalue weighted by Crippen LogP contribution is -2.04. The van der Waals surface area contributed by atoms with Crippen LogP contribution in [0.1, 0.15) is 22.5 Å². The first-order valence-electron chi connectivity index (χ1n) is 7.05. The van der Waals surface area contributed by atoms with Crippen molar-refractivity contribution in [1.29, 1.82) is 0 Å². The van der Waals surface area contributed by atoms with Crippen LogP contribution in [0, 0.1) is 6.92 Å². The zero-order valence-electron chi connectivity index (χ0n) is 11.7. The van der Waals surface area contributed by atoms with Crippen molar-refractivity contribution < 1.29 is 0 Å². The van der Waals surface area contributed by atoms with Gasteiger partial charge < -0.3 is 0 Å². The van der Waals surface area contributed by atoms with E-state index in [0.29, 0.717) is 5.25 Å². The third-order valence-electron chi connectivity index (χ3n) is 3.81. The molecule has 2 aromatic carbocycles. The highest BCUT2D eigenvalue weighted by Gasteiger charge is 2.25. The molecule has 0 N–H and O–H groups in total. The van der Waals surface area contributed by atoms with Crippen LogP contribution in [0.4, 0.5) is 0 Å². The van der Waals surface area contributed by atoms with E-state index in [9.17, 15) is 0 Å². The summed E-state index contributed by atoms with van der Waals surface area (Å²) in [7, 11) is 0. The smallest absolute Gasteiger partial charge is 0.139 e. The van der Waals surface area contributed by atoms with Crippen LogP contribution in [-0.2, 0) is 6.42 Å². The van der Waals surface area contributed by atoms with Crippen molar-refractivity contribution in [3.8, 4) is 5.69 Å². The van der Waals surface area contributed by atoms with Crippen LogP contribution in [0.15, 0.2) is 59.5 Å². The molecule has 1 aliphatic rings. The standard InChI is InChI=1S/C17H15N3S/c1-12-18-19-17-11-16(13-7-3-2-4-8-13)21-15-10-6-5-9-14(15)20(12)17/h2-10,16H,11H2,1H3. The molecule has 4 rings (SSSR count). The Morgan fingerprint density at radius 1 is 1.00 bits per heavy atom. The van der Waals surface area contributed by atoms with Crippen molar-refractivity contribution in [1.82, 2.24) is 14.8 Å². The van der Waals surface area contributed by atoms with E-state index >= 15 is 0 Å². The minimum absolute atomic E-state index is 0.372. The van der Waals surface area contributed by atoms with E-state index < -0.39 is 0 Å². The van der Waals surface area contributed by atoms with Crippen LogP contribution >= 0.6 is 11.8 Å². The minimum atomic E-state index is 0.372. The maximum atomic E-state index is 4.39. The molecule has 104 valence electrons. The van der Waals surface area contributed by atoms with Gasteiger partial charge in [-0.2, -0.15) is 0 Å². The molecule has 1 atom stereocenters. The predicted molar refractivity (Wildman–Crippen MR) is 84.8 cm³/mol. The number of rotatable bonds is 1. The number of hydrogen-bond donors (Lipinski definition) is 0. The Hall–Kier alpha value is -2.07. The lowest BCUT2D eigenvalue weighted by Gasteiger charge is -2.13. The van der Waals surface area contributed by atoms with Crippen LogP contribution in [0.3, 0.4) is 0 Å². The summed E-state index contributed by atoms with van der Waals surface area (Å²) in [4.78, 5) is 1.29. The number of nitrogens with zero attached hydrogens (tertiary/aromatic N) is 3. The summed E-state index contributed by atoms with van der Waals surface area (Å²) in [5, 5.41) is 9.03. The van der Waals surface area contributed by atoms with Gasteiger partial charge in [-0.3, -0.25) is 4.57 Å². The Morgan fingerprint density at radius 2 is 1.76 bits per heavy atom. The predicted octanol–water partition coefficient (Wildman–Crippen LogP) is 3.97. The van der Waals surface area contributed by atoms with Gasteiger partial charge >= 0.3 is 0 Å². The molecular formula is C17H15N3S. The Bertz CT molecular complexity index is 780. The molecule has 1 aromatic heterocycles. The summed E-state index contributed by atoms with van der Waals surface area (Å²) < 4.78 is 2.19. The lowest BCUT2D eigenvalue weighted by molar-refractivity contribution is 0.811. The summed E-state index contributed by atoms with van der Waals surface area (Å²) in [6, 6.07) is 19.2. The molecule has 0 fully saturated rings. The topological polar surface area (TPSA) is 30.7 Å². The van der Waals surface area contributed by atoms with E-state index in [0.717, 1.165) is 18.1 Å². The molecule has 0 saturated heterocycles. The number of benzene rings is 2. The normalized spacial score (nSPS) is 16.9. The van der Waals surface area contributed by atoms with Crippen molar-refractivity contribution >= 4 is 11.8 Å². The lowest BCUT2D eigenvalue weighted by atomic mass is 10.1. The average molecular weight is 293 g/mol. The summed E-state index contributed by atoms with van der Waals surface area (Å²) in [5.41, 5.74) is 2.53. The first-order chi connectivity index (χ1) is 10.3. The third kappa shape index (κ3) is 2.16. The van der Waals surface area contributed by atoms with Gasteiger partial charge in [0.05, 0.1) is 5.69 Å². The van der Waals surface area contributed by atoms with E-state index in [1.165, 1.54) is 16.1 Å². The van der Waals surface area contributed by atoms with Crippen molar-refractivity contribution in [3.63, 3.8) is 0 Å². The molecule has 0 saturated carbocycles. The summed E-state index contributed by atoms with van der Waals surface area (Å²) in [5.74, 6) is 1.99. The SMILES string of the molecule is Cc1nnc2n1-c1ccccc1SC(c1ccccc1)C2. The van der Waals surface area contributed by atoms with Gasteiger partial charge in [0.15, 0.2) is 0 Å². The van der Waals surface area contributed by atoms with E-state index in [1.54, 1.807) is 0 Å². The summed E-state index contributed by atoms with van der Waals surface area (Å²) >= 11 is 1.91. The zero-order valence-corrected chi connectivity index (χ0v) is 12.5. The fourth-order valence-electron chi connectivity index (χ4n) is 2.81. The number of fused-ring (bicyclic) bond motifs is 3. The Morgan fingerprint density at radius 3 is 2.62 bits per heavy atom. The Kier molecular flexibility index (Phi) is 3.04. The summed E-state index contributed by atoms with van der Waals surface area (Å²) in [6.07, 6.45) is 0.893. The van der Waals surface area contributed by atoms with Crippen LogP contribution in [0.5, 0.6) is 0 Å². The van der Waals surface area contributed by atoms with Gasteiger partial charge in [0.25, 0.3) is 0 Å². The monoisotopic (exact) mass is 293 g/mol. The fraction of sp³-hybridized carbons (Fsp3) is 0.176. The van der Waals surface area contributed by atoms with Crippen molar-refractivity contribution in [2.24, 2.45) is 0 Å². The van der Waals surface area contributed by atoms with Crippen LogP contribution in [0.2, 0.25) is 0 Å². The molecule has 0 spiro atoms. The highest BCUT2D eigenvalue weighted by atomic mass is 32.2. The second-order valence-electron chi connectivity index (χ2n) is 5.19. The molecule has 0 amide bonds. The first-order valence-corrected chi connectivity index (χ1v) is 7.93. The summed E-state index contributed by atoms with van der Waals surface area (Å²) in [6.45, 7) is 2.01. The fourth-order valence-corrected chi connectivity index (χ4v) is 4.08. The maximum Gasteiger partial charge on any atom is 0.139 e.